The Bertz CT molecular complexity index is 3060. The van der Waals surface area contributed by atoms with Crippen molar-refractivity contribution in [3.05, 3.63) is 218 Å². The van der Waals surface area contributed by atoms with Crippen LogP contribution in [0.25, 0.3) is 110 Å². The summed E-state index contributed by atoms with van der Waals surface area (Å²) in [5.74, 6) is 0. The molecule has 270 valence electrons. The maximum absolute atomic E-state index is 5.50. The lowest BCUT2D eigenvalue weighted by molar-refractivity contribution is 1.36. The second-order valence-electron chi connectivity index (χ2n) is 14.9. The molecular weight excluding hydrogens is 701 g/mol. The third-order valence-electron chi connectivity index (χ3n) is 11.5. The zero-order valence-electron chi connectivity index (χ0n) is 31.7. The van der Waals surface area contributed by atoms with Gasteiger partial charge in [-0.2, -0.15) is 0 Å². The highest BCUT2D eigenvalue weighted by Gasteiger charge is 2.18. The van der Waals surface area contributed by atoms with Crippen LogP contribution >= 0.6 is 0 Å². The SMILES string of the molecule is c1ccc(-c2cc(-c3ccc(-c4cccc5ccccc45)cc3)nc3c2ccc2c(-c4ccccc4)cc(-c4ccc(-c5cccc6ccccc56)cc4)nc23)cc1. The van der Waals surface area contributed by atoms with Gasteiger partial charge >= 0.3 is 0 Å². The van der Waals surface area contributed by atoms with Crippen LogP contribution in [-0.4, -0.2) is 9.97 Å². The van der Waals surface area contributed by atoms with E-state index in [4.69, 9.17) is 9.97 Å². The Hall–Kier alpha value is -7.68. The summed E-state index contributed by atoms with van der Waals surface area (Å²) in [6.45, 7) is 0. The number of hydrogen-bond acceptors (Lipinski definition) is 2. The van der Waals surface area contributed by atoms with Crippen molar-refractivity contribution in [2.45, 2.75) is 0 Å². The second-order valence-corrected chi connectivity index (χ2v) is 14.9. The molecule has 0 unspecified atom stereocenters. The van der Waals surface area contributed by atoms with Crippen LogP contribution in [0.1, 0.15) is 0 Å². The van der Waals surface area contributed by atoms with Crippen LogP contribution in [0.4, 0.5) is 0 Å². The van der Waals surface area contributed by atoms with Crippen molar-refractivity contribution >= 4 is 43.4 Å². The summed E-state index contributed by atoms with van der Waals surface area (Å²) in [4.78, 5) is 11.0. The summed E-state index contributed by atoms with van der Waals surface area (Å²) < 4.78 is 0. The van der Waals surface area contributed by atoms with E-state index < -0.39 is 0 Å². The van der Waals surface area contributed by atoms with Crippen molar-refractivity contribution in [1.82, 2.24) is 9.97 Å². The topological polar surface area (TPSA) is 25.8 Å². The molecule has 0 aliphatic carbocycles. The molecule has 9 aromatic carbocycles. The average molecular weight is 737 g/mol. The van der Waals surface area contributed by atoms with Crippen molar-refractivity contribution < 1.29 is 0 Å². The highest BCUT2D eigenvalue weighted by molar-refractivity contribution is 6.13. The lowest BCUT2D eigenvalue weighted by Crippen LogP contribution is -1.96. The van der Waals surface area contributed by atoms with Crippen LogP contribution in [0.5, 0.6) is 0 Å². The van der Waals surface area contributed by atoms with Gasteiger partial charge in [-0.05, 0) is 78.2 Å². The van der Waals surface area contributed by atoms with Gasteiger partial charge in [-0.3, -0.25) is 0 Å². The van der Waals surface area contributed by atoms with Crippen LogP contribution in [0.15, 0.2) is 218 Å². The monoisotopic (exact) mass is 736 g/mol. The normalized spacial score (nSPS) is 11.4. The molecule has 0 aliphatic rings. The van der Waals surface area contributed by atoms with E-state index in [9.17, 15) is 0 Å². The molecule has 2 nitrogen and oxygen atoms in total. The molecule has 0 N–H and O–H groups in total. The highest BCUT2D eigenvalue weighted by Crippen LogP contribution is 2.40. The van der Waals surface area contributed by atoms with E-state index in [1.807, 2.05) is 0 Å². The van der Waals surface area contributed by atoms with E-state index in [1.54, 1.807) is 0 Å². The predicted octanol–water partition coefficient (Wildman–Crippen LogP) is 15.1. The fourth-order valence-corrected chi connectivity index (χ4v) is 8.58. The van der Waals surface area contributed by atoms with Gasteiger partial charge in [0.25, 0.3) is 0 Å². The molecule has 2 aromatic heterocycles. The molecule has 0 spiro atoms. The lowest BCUT2D eigenvalue weighted by Gasteiger charge is -2.16. The Morgan fingerprint density at radius 3 is 1.00 bits per heavy atom. The molecule has 0 radical (unpaired) electrons. The quantitative estimate of drug-likeness (QED) is 0.159. The molecule has 2 heteroatoms. The molecule has 0 saturated carbocycles. The van der Waals surface area contributed by atoms with Crippen LogP contribution in [0.3, 0.4) is 0 Å². The molecule has 0 aliphatic heterocycles. The van der Waals surface area contributed by atoms with E-state index in [0.29, 0.717) is 0 Å². The van der Waals surface area contributed by atoms with Gasteiger partial charge in [0.15, 0.2) is 0 Å². The molecule has 11 rings (SSSR count). The molecule has 0 atom stereocenters. The summed E-state index contributed by atoms with van der Waals surface area (Å²) in [7, 11) is 0. The standard InChI is InChI=1S/C56H36N2/c1-3-13-39(14-4-1)51-35-53(43-29-25-41(26-30-43)47-23-11-19-37-17-7-9-21-45(37)47)57-55-49(51)33-34-50-52(40-15-5-2-6-16-40)36-54(58-56(50)55)44-31-27-42(28-32-44)48-24-12-20-38-18-8-10-22-46(38)48/h1-36H. The van der Waals surface area contributed by atoms with Crippen molar-refractivity contribution in [3.63, 3.8) is 0 Å². The van der Waals surface area contributed by atoms with Gasteiger partial charge in [0.05, 0.1) is 22.4 Å². The summed E-state index contributed by atoms with van der Waals surface area (Å²) >= 11 is 0. The fourth-order valence-electron chi connectivity index (χ4n) is 8.58. The Kier molecular flexibility index (Phi) is 8.19. The molecule has 0 saturated heterocycles. The van der Waals surface area contributed by atoms with Crippen LogP contribution in [0, 0.1) is 0 Å². The number of rotatable bonds is 6. The number of pyridine rings is 2. The summed E-state index contributed by atoms with van der Waals surface area (Å²) in [6, 6.07) is 78.1. The zero-order valence-corrected chi connectivity index (χ0v) is 31.7. The Labute approximate surface area is 337 Å². The molecule has 2 heterocycles. The minimum atomic E-state index is 0.887. The summed E-state index contributed by atoms with van der Waals surface area (Å²) in [6.07, 6.45) is 0. The van der Waals surface area contributed by atoms with Crippen LogP contribution in [-0.2, 0) is 0 Å². The number of hydrogen-bond donors (Lipinski definition) is 0. The summed E-state index contributed by atoms with van der Waals surface area (Å²) in [5, 5.41) is 7.12. The summed E-state index contributed by atoms with van der Waals surface area (Å²) in [5.41, 5.74) is 15.1. The van der Waals surface area contributed by atoms with Crippen molar-refractivity contribution in [2.24, 2.45) is 0 Å². The largest absolute Gasteiger partial charge is 0.245 e. The molecule has 0 fully saturated rings. The second kappa shape index (κ2) is 14.1. The maximum atomic E-state index is 5.50. The zero-order chi connectivity index (χ0) is 38.4. The van der Waals surface area contributed by atoms with Gasteiger partial charge in [0.1, 0.15) is 0 Å². The number of fused-ring (bicyclic) bond motifs is 5. The number of nitrogens with zero attached hydrogens (tertiary/aromatic N) is 2. The third kappa shape index (κ3) is 5.91. The van der Waals surface area contributed by atoms with Gasteiger partial charge in [-0.1, -0.05) is 206 Å². The smallest absolute Gasteiger partial charge is 0.0978 e. The molecule has 0 amide bonds. The molecule has 11 aromatic rings. The molecular formula is C56H36N2. The third-order valence-corrected chi connectivity index (χ3v) is 11.5. The number of benzene rings is 9. The average Bonchev–Trinajstić information content (AvgIpc) is 3.31. The first-order valence-electron chi connectivity index (χ1n) is 19.8. The van der Waals surface area contributed by atoms with E-state index in [2.05, 4.69) is 218 Å². The first-order valence-corrected chi connectivity index (χ1v) is 19.8. The van der Waals surface area contributed by atoms with E-state index in [0.717, 1.165) is 66.6 Å². The highest BCUT2D eigenvalue weighted by atomic mass is 14.8. The van der Waals surface area contributed by atoms with Gasteiger partial charge < -0.3 is 0 Å². The Morgan fingerprint density at radius 2 is 0.569 bits per heavy atom. The minimum Gasteiger partial charge on any atom is -0.245 e. The van der Waals surface area contributed by atoms with Crippen molar-refractivity contribution in [3.8, 4) is 67.0 Å². The van der Waals surface area contributed by atoms with Crippen molar-refractivity contribution in [2.75, 3.05) is 0 Å². The lowest BCUT2D eigenvalue weighted by atomic mass is 9.93. The first kappa shape index (κ1) is 33.6. The van der Waals surface area contributed by atoms with Crippen LogP contribution in [0.2, 0.25) is 0 Å². The van der Waals surface area contributed by atoms with Gasteiger partial charge in [0.2, 0.25) is 0 Å². The van der Waals surface area contributed by atoms with Gasteiger partial charge in [-0.25, -0.2) is 9.97 Å². The van der Waals surface area contributed by atoms with Crippen LogP contribution < -0.4 is 0 Å². The van der Waals surface area contributed by atoms with Gasteiger partial charge in [-0.15, -0.1) is 0 Å². The number of aromatic nitrogens is 2. The minimum absolute atomic E-state index is 0.887. The van der Waals surface area contributed by atoms with E-state index >= 15 is 0 Å². The first-order chi connectivity index (χ1) is 28.7. The molecule has 58 heavy (non-hydrogen) atoms. The Morgan fingerprint density at radius 1 is 0.224 bits per heavy atom. The van der Waals surface area contributed by atoms with Gasteiger partial charge in [0, 0.05) is 21.9 Å². The fraction of sp³-hybridized carbons (Fsp3) is 0. The van der Waals surface area contributed by atoms with E-state index in [-0.39, 0.29) is 0 Å². The van der Waals surface area contributed by atoms with E-state index in [1.165, 1.54) is 43.8 Å². The van der Waals surface area contributed by atoms with Crippen molar-refractivity contribution in [1.29, 1.82) is 0 Å². The maximum Gasteiger partial charge on any atom is 0.0978 e. The Balaban J connectivity index is 1.11. The predicted molar refractivity (Wildman–Crippen MR) is 245 cm³/mol. The molecule has 0 bridgehead atoms.